The quantitative estimate of drug-likeness (QED) is 0.467. The first-order valence-corrected chi connectivity index (χ1v) is 8.40. The number of pyridine rings is 1. The van der Waals surface area contributed by atoms with Gasteiger partial charge >= 0.3 is 0 Å². The Kier molecular flexibility index (Phi) is 7.91. The average Bonchev–Trinajstić information content (AvgIpc) is 2.62. The molecule has 7 heteroatoms. The van der Waals surface area contributed by atoms with Crippen LogP contribution in [0.1, 0.15) is 25.0 Å². The Morgan fingerprint density at radius 2 is 2.21 bits per heavy atom. The summed E-state index contributed by atoms with van der Waals surface area (Å²) in [6.45, 7) is 3.55. The topological polar surface area (TPSA) is 59.0 Å². The van der Waals surface area contributed by atoms with Gasteiger partial charge in [0, 0.05) is 46.7 Å². The molecule has 1 saturated heterocycles. The van der Waals surface area contributed by atoms with E-state index in [0.29, 0.717) is 18.3 Å². The fourth-order valence-electron chi connectivity index (χ4n) is 2.73. The summed E-state index contributed by atoms with van der Waals surface area (Å²) < 4.78 is 24.5. The minimum Gasteiger partial charge on any atom is -0.385 e. The van der Waals surface area contributed by atoms with Crippen molar-refractivity contribution in [3.05, 3.63) is 29.8 Å². The number of aromatic nitrogens is 1. The van der Waals surface area contributed by atoms with Gasteiger partial charge in [0.25, 0.3) is 0 Å². The Morgan fingerprint density at radius 3 is 2.88 bits per heavy atom. The van der Waals surface area contributed by atoms with Gasteiger partial charge < -0.3 is 19.7 Å². The van der Waals surface area contributed by atoms with Crippen LogP contribution in [-0.4, -0.2) is 62.4 Å². The Hall–Kier alpha value is -1.73. The SMILES string of the molecule is CN=C(NCc1ncccc1F)N1CCC(OCCCOC)CC1. The van der Waals surface area contributed by atoms with Crippen LogP contribution < -0.4 is 5.32 Å². The molecule has 1 fully saturated rings. The number of hydrogen-bond acceptors (Lipinski definition) is 4. The van der Waals surface area contributed by atoms with Gasteiger partial charge in [0.05, 0.1) is 18.3 Å². The summed E-state index contributed by atoms with van der Waals surface area (Å²) in [5, 5.41) is 3.19. The molecular weight excluding hydrogens is 311 g/mol. The Balaban J connectivity index is 1.74. The first-order valence-electron chi connectivity index (χ1n) is 8.40. The number of rotatable bonds is 7. The van der Waals surface area contributed by atoms with Gasteiger partial charge in [-0.25, -0.2) is 4.39 Å². The molecule has 0 bridgehead atoms. The summed E-state index contributed by atoms with van der Waals surface area (Å²) in [5.41, 5.74) is 0.398. The minimum atomic E-state index is -0.302. The third-order valence-electron chi connectivity index (χ3n) is 4.05. The van der Waals surface area contributed by atoms with Crippen molar-refractivity contribution in [3.63, 3.8) is 0 Å². The van der Waals surface area contributed by atoms with E-state index < -0.39 is 0 Å². The second-order valence-corrected chi connectivity index (χ2v) is 5.74. The summed E-state index contributed by atoms with van der Waals surface area (Å²) in [6.07, 6.45) is 4.74. The molecule has 6 nitrogen and oxygen atoms in total. The molecule has 0 radical (unpaired) electrons. The van der Waals surface area contributed by atoms with E-state index in [1.807, 2.05) is 0 Å². The predicted octanol–water partition coefficient (Wildman–Crippen LogP) is 1.81. The van der Waals surface area contributed by atoms with Crippen LogP contribution in [0, 0.1) is 5.82 Å². The van der Waals surface area contributed by atoms with Crippen molar-refractivity contribution >= 4 is 5.96 Å². The number of ether oxygens (including phenoxy) is 2. The van der Waals surface area contributed by atoms with Crippen molar-refractivity contribution in [1.82, 2.24) is 15.2 Å². The van der Waals surface area contributed by atoms with Gasteiger partial charge in [0.15, 0.2) is 5.96 Å². The van der Waals surface area contributed by atoms with E-state index in [9.17, 15) is 4.39 Å². The molecule has 2 heterocycles. The van der Waals surface area contributed by atoms with E-state index in [1.165, 1.54) is 6.07 Å². The summed E-state index contributed by atoms with van der Waals surface area (Å²) in [6, 6.07) is 3.00. The highest BCUT2D eigenvalue weighted by Gasteiger charge is 2.22. The molecule has 1 aromatic heterocycles. The number of likely N-dealkylation sites (tertiary alicyclic amines) is 1. The summed E-state index contributed by atoms with van der Waals surface area (Å²) in [4.78, 5) is 10.5. The normalized spacial score (nSPS) is 16.5. The van der Waals surface area contributed by atoms with Gasteiger partial charge in [-0.05, 0) is 31.4 Å². The molecule has 1 aromatic rings. The maximum absolute atomic E-state index is 13.6. The number of guanidine groups is 1. The number of nitrogens with zero attached hydrogens (tertiary/aromatic N) is 3. The van der Waals surface area contributed by atoms with Crippen molar-refractivity contribution in [2.75, 3.05) is 40.5 Å². The zero-order valence-corrected chi connectivity index (χ0v) is 14.5. The molecule has 2 rings (SSSR count). The number of nitrogens with one attached hydrogen (secondary N) is 1. The number of piperidine rings is 1. The van der Waals surface area contributed by atoms with Gasteiger partial charge in [0.1, 0.15) is 5.82 Å². The monoisotopic (exact) mass is 338 g/mol. The van der Waals surface area contributed by atoms with Gasteiger partial charge in [-0.2, -0.15) is 0 Å². The fraction of sp³-hybridized carbons (Fsp3) is 0.647. The summed E-state index contributed by atoms with van der Waals surface area (Å²) in [7, 11) is 3.44. The molecule has 24 heavy (non-hydrogen) atoms. The van der Waals surface area contributed by atoms with Crippen LogP contribution in [0.4, 0.5) is 4.39 Å². The molecule has 1 N–H and O–H groups in total. The van der Waals surface area contributed by atoms with Crippen LogP contribution in [0.15, 0.2) is 23.3 Å². The second kappa shape index (κ2) is 10.2. The lowest BCUT2D eigenvalue weighted by atomic mass is 10.1. The number of hydrogen-bond donors (Lipinski definition) is 1. The number of aliphatic imine (C=N–C) groups is 1. The van der Waals surface area contributed by atoms with Gasteiger partial charge in [0.2, 0.25) is 0 Å². The van der Waals surface area contributed by atoms with E-state index >= 15 is 0 Å². The maximum atomic E-state index is 13.6. The fourth-order valence-corrected chi connectivity index (χ4v) is 2.73. The Bertz CT molecular complexity index is 519. The van der Waals surface area contributed by atoms with E-state index in [4.69, 9.17) is 9.47 Å². The molecule has 0 atom stereocenters. The largest absolute Gasteiger partial charge is 0.385 e. The second-order valence-electron chi connectivity index (χ2n) is 5.74. The third-order valence-corrected chi connectivity index (χ3v) is 4.05. The smallest absolute Gasteiger partial charge is 0.193 e. The third kappa shape index (κ3) is 5.72. The molecule has 0 unspecified atom stereocenters. The highest BCUT2D eigenvalue weighted by Crippen LogP contribution is 2.14. The first kappa shape index (κ1) is 18.6. The number of halogens is 1. The van der Waals surface area contributed by atoms with Gasteiger partial charge in [-0.3, -0.25) is 9.98 Å². The number of methoxy groups -OCH3 is 1. The minimum absolute atomic E-state index is 0.296. The Morgan fingerprint density at radius 1 is 1.42 bits per heavy atom. The molecule has 1 aliphatic rings. The van der Waals surface area contributed by atoms with Crippen molar-refractivity contribution < 1.29 is 13.9 Å². The molecular formula is C17H27FN4O2. The van der Waals surface area contributed by atoms with Crippen molar-refractivity contribution in [2.24, 2.45) is 4.99 Å². The summed E-state index contributed by atoms with van der Waals surface area (Å²) in [5.74, 6) is 0.474. The van der Waals surface area contributed by atoms with Crippen molar-refractivity contribution in [2.45, 2.75) is 31.9 Å². The highest BCUT2D eigenvalue weighted by atomic mass is 19.1. The van der Waals surface area contributed by atoms with Crippen LogP contribution in [0.25, 0.3) is 0 Å². The van der Waals surface area contributed by atoms with Crippen molar-refractivity contribution in [1.29, 1.82) is 0 Å². The Labute approximate surface area is 143 Å². The van der Waals surface area contributed by atoms with Gasteiger partial charge in [-0.15, -0.1) is 0 Å². The van der Waals surface area contributed by atoms with E-state index in [0.717, 1.165) is 51.5 Å². The van der Waals surface area contributed by atoms with Crippen LogP contribution in [0.5, 0.6) is 0 Å². The molecule has 0 amide bonds. The molecule has 0 spiro atoms. The molecule has 134 valence electrons. The van der Waals surface area contributed by atoms with Crippen molar-refractivity contribution in [3.8, 4) is 0 Å². The van der Waals surface area contributed by atoms with Crippen LogP contribution in [-0.2, 0) is 16.0 Å². The standard InChI is InChI=1S/C17H27FN4O2/c1-19-17(21-13-16-15(18)5-3-8-20-16)22-9-6-14(7-10-22)24-12-4-11-23-2/h3,5,8,14H,4,6-7,9-13H2,1-2H3,(H,19,21). The molecule has 1 aliphatic heterocycles. The maximum Gasteiger partial charge on any atom is 0.193 e. The highest BCUT2D eigenvalue weighted by molar-refractivity contribution is 5.79. The van der Waals surface area contributed by atoms with E-state index in [-0.39, 0.29) is 5.82 Å². The lowest BCUT2D eigenvalue weighted by molar-refractivity contribution is 0.00989. The lowest BCUT2D eigenvalue weighted by Gasteiger charge is -2.34. The van der Waals surface area contributed by atoms with Crippen LogP contribution in [0.3, 0.4) is 0 Å². The zero-order valence-electron chi connectivity index (χ0n) is 14.5. The van der Waals surface area contributed by atoms with Gasteiger partial charge in [-0.1, -0.05) is 0 Å². The average molecular weight is 338 g/mol. The molecule has 0 saturated carbocycles. The van der Waals surface area contributed by atoms with Crippen LogP contribution in [0.2, 0.25) is 0 Å². The summed E-state index contributed by atoms with van der Waals surface area (Å²) >= 11 is 0. The van der Waals surface area contributed by atoms with E-state index in [1.54, 1.807) is 26.4 Å². The van der Waals surface area contributed by atoms with Crippen LogP contribution >= 0.6 is 0 Å². The lowest BCUT2D eigenvalue weighted by Crippen LogP contribution is -2.46. The van der Waals surface area contributed by atoms with E-state index in [2.05, 4.69) is 20.2 Å². The first-order chi connectivity index (χ1) is 11.7. The predicted molar refractivity (Wildman–Crippen MR) is 91.4 cm³/mol. The zero-order chi connectivity index (χ0) is 17.2. The molecule has 0 aromatic carbocycles. The molecule has 0 aliphatic carbocycles.